The fraction of sp³-hybridized carbons (Fsp3) is 0.286. The second-order valence-corrected chi connectivity index (χ2v) is 6.42. The van der Waals surface area contributed by atoms with Crippen LogP contribution in [-0.4, -0.2) is 27.1 Å². The molecule has 2 aromatic heterocycles. The van der Waals surface area contributed by atoms with E-state index in [4.69, 9.17) is 14.7 Å². The largest absolute Gasteiger partial charge is 0.464 e. The molecule has 2 heterocycles. The third-order valence-corrected chi connectivity index (χ3v) is 4.56. The maximum absolute atomic E-state index is 12.3. The van der Waals surface area contributed by atoms with E-state index in [0.29, 0.717) is 6.61 Å². The summed E-state index contributed by atoms with van der Waals surface area (Å²) < 4.78 is 7.30. The standard InChI is InChI=1S/C21H21N3O2/c1-2-3-8-13-26-19(25)14-24-18-12-7-4-9-15(18)20-21(24)23-17-11-6-5-10-16(17)22-20/h4-7,9-12H,2-3,8,13-14H2,1H3. The van der Waals surface area contributed by atoms with Gasteiger partial charge < -0.3 is 9.30 Å². The molecule has 0 radical (unpaired) electrons. The summed E-state index contributed by atoms with van der Waals surface area (Å²) in [4.78, 5) is 21.9. The lowest BCUT2D eigenvalue weighted by Crippen LogP contribution is -2.14. The van der Waals surface area contributed by atoms with Crippen molar-refractivity contribution in [2.24, 2.45) is 0 Å². The third kappa shape index (κ3) is 3.01. The van der Waals surface area contributed by atoms with Crippen LogP contribution in [0.5, 0.6) is 0 Å². The molecule has 132 valence electrons. The molecule has 0 aliphatic heterocycles. The lowest BCUT2D eigenvalue weighted by atomic mass is 10.2. The van der Waals surface area contributed by atoms with Crippen molar-refractivity contribution in [2.75, 3.05) is 6.61 Å². The number of aromatic nitrogens is 3. The van der Waals surface area contributed by atoms with E-state index in [9.17, 15) is 4.79 Å². The minimum Gasteiger partial charge on any atom is -0.464 e. The molecule has 26 heavy (non-hydrogen) atoms. The van der Waals surface area contributed by atoms with Gasteiger partial charge in [0.25, 0.3) is 0 Å². The van der Waals surface area contributed by atoms with E-state index >= 15 is 0 Å². The van der Waals surface area contributed by atoms with Crippen LogP contribution < -0.4 is 0 Å². The number of carbonyl (C=O) groups is 1. The molecular formula is C21H21N3O2. The van der Waals surface area contributed by atoms with E-state index in [1.165, 1.54) is 0 Å². The number of fused-ring (bicyclic) bond motifs is 4. The smallest absolute Gasteiger partial charge is 0.326 e. The molecule has 5 heteroatoms. The third-order valence-electron chi connectivity index (χ3n) is 4.56. The van der Waals surface area contributed by atoms with Crippen molar-refractivity contribution < 1.29 is 9.53 Å². The highest BCUT2D eigenvalue weighted by molar-refractivity contribution is 6.06. The topological polar surface area (TPSA) is 57.0 Å². The highest BCUT2D eigenvalue weighted by Gasteiger charge is 2.16. The molecule has 0 atom stereocenters. The number of benzene rings is 2. The summed E-state index contributed by atoms with van der Waals surface area (Å²) in [5, 5.41) is 1.000. The van der Waals surface area contributed by atoms with Gasteiger partial charge in [0.1, 0.15) is 12.1 Å². The van der Waals surface area contributed by atoms with Crippen molar-refractivity contribution in [1.29, 1.82) is 0 Å². The van der Waals surface area contributed by atoms with Gasteiger partial charge in [-0.15, -0.1) is 0 Å². The number of hydrogen-bond acceptors (Lipinski definition) is 4. The van der Waals surface area contributed by atoms with Gasteiger partial charge in [0.15, 0.2) is 5.65 Å². The zero-order valence-electron chi connectivity index (χ0n) is 14.8. The van der Waals surface area contributed by atoms with Crippen LogP contribution >= 0.6 is 0 Å². The van der Waals surface area contributed by atoms with Gasteiger partial charge in [0.05, 0.1) is 23.2 Å². The summed E-state index contributed by atoms with van der Waals surface area (Å²) in [5.41, 5.74) is 4.15. The number of para-hydroxylation sites is 3. The molecule has 4 aromatic rings. The first kappa shape index (κ1) is 16.5. The maximum Gasteiger partial charge on any atom is 0.326 e. The Balaban J connectivity index is 1.76. The fourth-order valence-electron chi connectivity index (χ4n) is 3.26. The number of esters is 1. The van der Waals surface area contributed by atoms with Crippen LogP contribution in [0.2, 0.25) is 0 Å². The fourth-order valence-corrected chi connectivity index (χ4v) is 3.26. The average molecular weight is 347 g/mol. The molecular weight excluding hydrogens is 326 g/mol. The van der Waals surface area contributed by atoms with Crippen molar-refractivity contribution in [3.63, 3.8) is 0 Å². The molecule has 5 nitrogen and oxygen atoms in total. The first-order chi connectivity index (χ1) is 12.8. The van der Waals surface area contributed by atoms with Crippen LogP contribution in [0.15, 0.2) is 48.5 Å². The quantitative estimate of drug-likeness (QED) is 0.381. The highest BCUT2D eigenvalue weighted by Crippen LogP contribution is 2.28. The zero-order valence-corrected chi connectivity index (χ0v) is 14.8. The number of hydrogen-bond donors (Lipinski definition) is 0. The molecule has 0 aliphatic rings. The van der Waals surface area contributed by atoms with E-state index in [2.05, 4.69) is 6.92 Å². The molecule has 0 unspecified atom stereocenters. The van der Waals surface area contributed by atoms with Crippen molar-refractivity contribution in [3.05, 3.63) is 48.5 Å². The number of nitrogens with zero attached hydrogens (tertiary/aromatic N) is 3. The summed E-state index contributed by atoms with van der Waals surface area (Å²) in [6.07, 6.45) is 3.08. The Labute approximate surface area is 151 Å². The Bertz CT molecular complexity index is 1080. The van der Waals surface area contributed by atoms with Gasteiger partial charge in [0.2, 0.25) is 0 Å². The van der Waals surface area contributed by atoms with E-state index in [-0.39, 0.29) is 12.5 Å². The Hall–Kier alpha value is -2.95. The van der Waals surface area contributed by atoms with Gasteiger partial charge in [-0.05, 0) is 24.6 Å². The van der Waals surface area contributed by atoms with E-state index in [0.717, 1.165) is 52.4 Å². The number of carbonyl (C=O) groups excluding carboxylic acids is 1. The lowest BCUT2D eigenvalue weighted by Gasteiger charge is -2.08. The molecule has 0 aliphatic carbocycles. The molecule has 0 amide bonds. The van der Waals surface area contributed by atoms with Crippen molar-refractivity contribution in [1.82, 2.24) is 14.5 Å². The molecule has 0 saturated heterocycles. The summed E-state index contributed by atoms with van der Waals surface area (Å²) in [7, 11) is 0. The predicted molar refractivity (Wildman–Crippen MR) is 103 cm³/mol. The van der Waals surface area contributed by atoms with Gasteiger partial charge >= 0.3 is 5.97 Å². The first-order valence-electron chi connectivity index (χ1n) is 9.07. The Morgan fingerprint density at radius 2 is 1.73 bits per heavy atom. The van der Waals surface area contributed by atoms with Gasteiger partial charge in [-0.2, -0.15) is 0 Å². The minimum absolute atomic E-state index is 0.142. The molecule has 4 rings (SSSR count). The van der Waals surface area contributed by atoms with Gasteiger partial charge in [0, 0.05) is 5.39 Å². The number of unbranched alkanes of at least 4 members (excludes halogenated alkanes) is 2. The maximum atomic E-state index is 12.3. The minimum atomic E-state index is -0.237. The normalized spacial score (nSPS) is 11.4. The first-order valence-corrected chi connectivity index (χ1v) is 9.07. The van der Waals surface area contributed by atoms with Gasteiger partial charge in [-0.25, -0.2) is 9.97 Å². The summed E-state index contributed by atoms with van der Waals surface area (Å²) >= 11 is 0. The molecule has 0 bridgehead atoms. The van der Waals surface area contributed by atoms with Gasteiger partial charge in [-0.1, -0.05) is 50.1 Å². The summed E-state index contributed by atoms with van der Waals surface area (Å²) in [6, 6.07) is 15.7. The lowest BCUT2D eigenvalue weighted by molar-refractivity contribution is -0.144. The van der Waals surface area contributed by atoms with Crippen LogP contribution in [0, 0.1) is 0 Å². The van der Waals surface area contributed by atoms with Crippen molar-refractivity contribution in [3.8, 4) is 0 Å². The number of ether oxygens (including phenoxy) is 1. The Morgan fingerprint density at radius 3 is 2.54 bits per heavy atom. The van der Waals surface area contributed by atoms with E-state index < -0.39 is 0 Å². The number of rotatable bonds is 6. The molecule has 0 fully saturated rings. The van der Waals surface area contributed by atoms with Crippen LogP contribution in [0.4, 0.5) is 0 Å². The predicted octanol–water partition coefficient (Wildman–Crippen LogP) is 4.47. The summed E-state index contributed by atoms with van der Waals surface area (Å²) in [5.74, 6) is -0.237. The summed E-state index contributed by atoms with van der Waals surface area (Å²) in [6.45, 7) is 2.74. The SMILES string of the molecule is CCCCCOC(=O)Cn1c2ccccc2c2nc3ccccc3nc21. The van der Waals surface area contributed by atoms with Crippen LogP contribution in [0.25, 0.3) is 33.1 Å². The molecule has 2 aromatic carbocycles. The van der Waals surface area contributed by atoms with Crippen LogP contribution in [-0.2, 0) is 16.1 Å². The van der Waals surface area contributed by atoms with E-state index in [1.807, 2.05) is 53.1 Å². The zero-order chi connectivity index (χ0) is 17.9. The molecule has 0 saturated carbocycles. The van der Waals surface area contributed by atoms with Gasteiger partial charge in [-0.3, -0.25) is 4.79 Å². The second-order valence-electron chi connectivity index (χ2n) is 6.42. The van der Waals surface area contributed by atoms with Crippen LogP contribution in [0.1, 0.15) is 26.2 Å². The Morgan fingerprint density at radius 1 is 1.00 bits per heavy atom. The van der Waals surface area contributed by atoms with Crippen molar-refractivity contribution >= 4 is 39.1 Å². The molecule has 0 N–H and O–H groups in total. The monoisotopic (exact) mass is 347 g/mol. The second kappa shape index (κ2) is 7.12. The van der Waals surface area contributed by atoms with Crippen molar-refractivity contribution in [2.45, 2.75) is 32.7 Å². The van der Waals surface area contributed by atoms with Crippen LogP contribution in [0.3, 0.4) is 0 Å². The average Bonchev–Trinajstić information content (AvgIpc) is 2.97. The molecule has 0 spiro atoms. The van der Waals surface area contributed by atoms with E-state index in [1.54, 1.807) is 0 Å². The Kier molecular flexibility index (Phi) is 4.52. The highest BCUT2D eigenvalue weighted by atomic mass is 16.5.